The molecule has 2 N–H and O–H groups in total. The van der Waals surface area contributed by atoms with Gasteiger partial charge in [-0.1, -0.05) is 5.16 Å². The molecule has 1 aliphatic rings. The van der Waals surface area contributed by atoms with Crippen LogP contribution in [0.1, 0.15) is 50.3 Å². The number of hydrogen-bond acceptors (Lipinski definition) is 6. The van der Waals surface area contributed by atoms with E-state index in [2.05, 4.69) is 15.5 Å². The molecule has 0 aromatic carbocycles. The van der Waals surface area contributed by atoms with E-state index in [-0.39, 0.29) is 18.1 Å². The molecule has 20 heavy (non-hydrogen) atoms. The number of nitrogens with one attached hydrogen (secondary N) is 1. The Kier molecular flexibility index (Phi) is 3.23. The molecule has 2 aromatic rings. The van der Waals surface area contributed by atoms with Crippen molar-refractivity contribution < 1.29 is 19.2 Å². The Bertz CT molecular complexity index is 659. The molecular weight excluding hydrogens is 282 g/mol. The Labute approximate surface area is 117 Å². The summed E-state index contributed by atoms with van der Waals surface area (Å²) in [6.45, 7) is 0.187. The number of amides is 1. The van der Waals surface area contributed by atoms with E-state index >= 15 is 0 Å². The van der Waals surface area contributed by atoms with Crippen molar-refractivity contribution in [3.63, 3.8) is 0 Å². The van der Waals surface area contributed by atoms with Crippen LogP contribution in [-0.4, -0.2) is 27.1 Å². The second-order valence-corrected chi connectivity index (χ2v) is 5.44. The second-order valence-electron chi connectivity index (χ2n) is 4.50. The number of aromatic carboxylic acids is 1. The number of carbonyl (C=O) groups is 2. The monoisotopic (exact) mass is 293 g/mol. The quantitative estimate of drug-likeness (QED) is 0.868. The lowest BCUT2D eigenvalue weighted by atomic mass is 10.2. The average molecular weight is 293 g/mol. The second kappa shape index (κ2) is 5.04. The number of aromatic nitrogens is 2. The van der Waals surface area contributed by atoms with Gasteiger partial charge >= 0.3 is 5.97 Å². The van der Waals surface area contributed by atoms with Crippen LogP contribution in [0.4, 0.5) is 0 Å². The third kappa shape index (κ3) is 2.55. The summed E-state index contributed by atoms with van der Waals surface area (Å²) in [6.07, 6.45) is 3.40. The van der Waals surface area contributed by atoms with Crippen molar-refractivity contribution in [2.24, 2.45) is 0 Å². The van der Waals surface area contributed by atoms with Gasteiger partial charge in [-0.15, -0.1) is 11.3 Å². The number of thiazole rings is 1. The highest BCUT2D eigenvalue weighted by atomic mass is 32.1. The SMILES string of the molecule is O=C(O)c1csc(CNC(=O)c2conc2C2CC2)n1. The first-order chi connectivity index (χ1) is 9.65. The molecule has 0 atom stereocenters. The summed E-state index contributed by atoms with van der Waals surface area (Å²) < 4.78 is 4.85. The summed E-state index contributed by atoms with van der Waals surface area (Å²) in [7, 11) is 0. The van der Waals surface area contributed by atoms with Crippen molar-refractivity contribution >= 4 is 23.2 Å². The van der Waals surface area contributed by atoms with Crippen LogP contribution in [0.2, 0.25) is 0 Å². The topological polar surface area (TPSA) is 105 Å². The van der Waals surface area contributed by atoms with E-state index in [4.69, 9.17) is 9.63 Å². The van der Waals surface area contributed by atoms with Gasteiger partial charge in [-0.05, 0) is 12.8 Å². The number of hydrogen-bond donors (Lipinski definition) is 2. The van der Waals surface area contributed by atoms with Gasteiger partial charge in [-0.25, -0.2) is 9.78 Å². The van der Waals surface area contributed by atoms with Crippen LogP contribution in [0.5, 0.6) is 0 Å². The van der Waals surface area contributed by atoms with Gasteiger partial charge in [-0.2, -0.15) is 0 Å². The van der Waals surface area contributed by atoms with Gasteiger partial charge in [0.25, 0.3) is 5.91 Å². The van der Waals surface area contributed by atoms with Crippen molar-refractivity contribution in [2.45, 2.75) is 25.3 Å². The third-order valence-electron chi connectivity index (χ3n) is 2.98. The van der Waals surface area contributed by atoms with E-state index < -0.39 is 5.97 Å². The fourth-order valence-electron chi connectivity index (χ4n) is 1.81. The molecule has 1 fully saturated rings. The Hall–Kier alpha value is -2.22. The molecule has 0 bridgehead atoms. The number of carboxylic acid groups (broad SMARTS) is 1. The Balaban J connectivity index is 1.63. The van der Waals surface area contributed by atoms with E-state index in [1.54, 1.807) is 0 Å². The predicted octanol–water partition coefficient (Wildman–Crippen LogP) is 1.64. The average Bonchev–Trinajstić information content (AvgIpc) is 2.98. The van der Waals surface area contributed by atoms with Crippen LogP contribution in [0.3, 0.4) is 0 Å². The smallest absolute Gasteiger partial charge is 0.355 e. The molecule has 7 nitrogen and oxygen atoms in total. The van der Waals surface area contributed by atoms with Crippen LogP contribution in [0.15, 0.2) is 16.2 Å². The number of rotatable bonds is 5. The molecule has 1 aliphatic carbocycles. The molecule has 1 saturated carbocycles. The molecule has 2 heterocycles. The first-order valence-electron chi connectivity index (χ1n) is 6.05. The minimum atomic E-state index is -1.08. The Morgan fingerprint density at radius 2 is 2.30 bits per heavy atom. The fraction of sp³-hybridized carbons (Fsp3) is 0.333. The van der Waals surface area contributed by atoms with Crippen LogP contribution in [0.25, 0.3) is 0 Å². The minimum absolute atomic E-state index is 0.0112. The summed E-state index contributed by atoms with van der Waals surface area (Å²) in [5.41, 5.74) is 1.14. The van der Waals surface area contributed by atoms with Crippen molar-refractivity contribution in [1.82, 2.24) is 15.5 Å². The van der Waals surface area contributed by atoms with Gasteiger partial charge in [0.1, 0.15) is 16.8 Å². The number of carbonyl (C=O) groups excluding carboxylic acids is 1. The van der Waals surface area contributed by atoms with Gasteiger partial charge in [0.2, 0.25) is 0 Å². The molecule has 0 unspecified atom stereocenters. The maximum Gasteiger partial charge on any atom is 0.355 e. The zero-order valence-electron chi connectivity index (χ0n) is 10.3. The first kappa shape index (κ1) is 12.8. The van der Waals surface area contributed by atoms with Gasteiger partial charge < -0.3 is 14.9 Å². The summed E-state index contributed by atoms with van der Waals surface area (Å²) in [5, 5.41) is 17.3. The van der Waals surface area contributed by atoms with Crippen molar-refractivity contribution in [3.05, 3.63) is 33.6 Å². The highest BCUT2D eigenvalue weighted by Gasteiger charge is 2.31. The van der Waals surface area contributed by atoms with Crippen LogP contribution >= 0.6 is 11.3 Å². The zero-order valence-corrected chi connectivity index (χ0v) is 11.1. The molecule has 0 spiro atoms. The van der Waals surface area contributed by atoms with E-state index in [9.17, 15) is 9.59 Å². The number of carboxylic acids is 1. The first-order valence-corrected chi connectivity index (χ1v) is 6.93. The van der Waals surface area contributed by atoms with Gasteiger partial charge in [0.05, 0.1) is 12.2 Å². The minimum Gasteiger partial charge on any atom is -0.476 e. The molecule has 8 heteroatoms. The molecule has 0 aliphatic heterocycles. The number of nitrogens with zero attached hydrogens (tertiary/aromatic N) is 2. The zero-order chi connectivity index (χ0) is 14.1. The van der Waals surface area contributed by atoms with Crippen molar-refractivity contribution in [1.29, 1.82) is 0 Å². The predicted molar refractivity (Wildman–Crippen MR) is 68.7 cm³/mol. The van der Waals surface area contributed by atoms with Crippen molar-refractivity contribution in [3.8, 4) is 0 Å². The lowest BCUT2D eigenvalue weighted by molar-refractivity contribution is 0.0691. The normalized spacial score (nSPS) is 14.2. The molecule has 2 aromatic heterocycles. The molecule has 104 valence electrons. The van der Waals surface area contributed by atoms with E-state index in [1.165, 1.54) is 23.0 Å². The summed E-state index contributed by atoms with van der Waals surface area (Å²) >= 11 is 1.19. The summed E-state index contributed by atoms with van der Waals surface area (Å²) in [5.74, 6) is -1.03. The molecule has 3 rings (SSSR count). The fourth-order valence-corrected chi connectivity index (χ4v) is 2.52. The molecular formula is C12H11N3O4S. The molecule has 0 saturated heterocycles. The largest absolute Gasteiger partial charge is 0.476 e. The lowest BCUT2D eigenvalue weighted by Gasteiger charge is -2.01. The third-order valence-corrected chi connectivity index (χ3v) is 3.83. The van der Waals surface area contributed by atoms with Crippen LogP contribution in [-0.2, 0) is 6.54 Å². The van der Waals surface area contributed by atoms with Gasteiger partial charge in [-0.3, -0.25) is 4.79 Å². The highest BCUT2D eigenvalue weighted by molar-refractivity contribution is 7.09. The maximum absolute atomic E-state index is 12.0. The highest BCUT2D eigenvalue weighted by Crippen LogP contribution is 2.40. The standard InChI is InChI=1S/C12H11N3O4S/c16-11(7-4-19-15-10(7)6-1-2-6)13-3-9-14-8(5-20-9)12(17)18/h4-6H,1-3H2,(H,13,16)(H,17,18). The Morgan fingerprint density at radius 3 is 2.95 bits per heavy atom. The van der Waals surface area contributed by atoms with Crippen LogP contribution in [0, 0.1) is 0 Å². The molecule has 0 radical (unpaired) electrons. The van der Waals surface area contributed by atoms with E-state index in [0.29, 0.717) is 22.2 Å². The van der Waals surface area contributed by atoms with Gasteiger partial charge in [0, 0.05) is 11.3 Å². The lowest BCUT2D eigenvalue weighted by Crippen LogP contribution is -2.23. The maximum atomic E-state index is 12.0. The summed E-state index contributed by atoms with van der Waals surface area (Å²) in [4.78, 5) is 26.6. The van der Waals surface area contributed by atoms with Crippen molar-refractivity contribution in [2.75, 3.05) is 0 Å². The summed E-state index contributed by atoms with van der Waals surface area (Å²) in [6, 6.07) is 0. The Morgan fingerprint density at radius 1 is 1.50 bits per heavy atom. The van der Waals surface area contributed by atoms with Gasteiger partial charge in [0.15, 0.2) is 5.69 Å². The van der Waals surface area contributed by atoms with Crippen LogP contribution < -0.4 is 5.32 Å². The molecule has 1 amide bonds. The van der Waals surface area contributed by atoms with E-state index in [0.717, 1.165) is 12.8 Å². The van der Waals surface area contributed by atoms with E-state index in [1.807, 2.05) is 0 Å².